The molecule has 18 heavy (non-hydrogen) atoms. The summed E-state index contributed by atoms with van der Waals surface area (Å²) < 4.78 is 21.9. The molecule has 0 spiro atoms. The van der Waals surface area contributed by atoms with Crippen molar-refractivity contribution < 1.29 is 23.1 Å². The predicted molar refractivity (Wildman–Crippen MR) is 66.5 cm³/mol. The number of rotatable bonds is 4. The van der Waals surface area contributed by atoms with Crippen molar-refractivity contribution in [1.29, 1.82) is 0 Å². The number of sulfone groups is 1. The number of benzene rings is 1. The summed E-state index contributed by atoms with van der Waals surface area (Å²) in [5, 5.41) is 11.3. The van der Waals surface area contributed by atoms with Crippen molar-refractivity contribution in [3.63, 3.8) is 0 Å². The topological polar surface area (TPSA) is 101 Å². The van der Waals surface area contributed by atoms with Gasteiger partial charge in [0.1, 0.15) is 5.75 Å². The Hall–Kier alpha value is -1.89. The van der Waals surface area contributed by atoms with Gasteiger partial charge in [0.25, 0.3) is 0 Å². The van der Waals surface area contributed by atoms with E-state index in [1.165, 1.54) is 6.07 Å². The third-order valence-electron chi connectivity index (χ3n) is 2.15. The van der Waals surface area contributed by atoms with Crippen LogP contribution in [0, 0.1) is 6.92 Å². The second kappa shape index (κ2) is 5.18. The highest BCUT2D eigenvalue weighted by molar-refractivity contribution is 7.91. The monoisotopic (exact) mass is 271 g/mol. The molecule has 0 aliphatic carbocycles. The van der Waals surface area contributed by atoms with E-state index in [0.717, 1.165) is 6.26 Å². The molecule has 2 N–H and O–H groups in total. The van der Waals surface area contributed by atoms with Gasteiger partial charge in [0.05, 0.1) is 11.3 Å². The number of aryl methyl sites for hydroxylation is 1. The Bertz CT molecular complexity index is 591. The molecule has 7 heteroatoms. The number of carboxylic acid groups (broad SMARTS) is 1. The van der Waals surface area contributed by atoms with Crippen LogP contribution < -0.4 is 5.32 Å². The molecular weight excluding hydrogens is 258 g/mol. The molecular formula is C11H13NO5S. The number of hydrogen-bond donors (Lipinski definition) is 2. The molecule has 0 aromatic heterocycles. The lowest BCUT2D eigenvalue weighted by Gasteiger charge is -2.09. The molecule has 0 heterocycles. The predicted octanol–water partition coefficient (Wildman–Crippen LogP) is 0.676. The summed E-state index contributed by atoms with van der Waals surface area (Å²) in [7, 11) is -3.45. The summed E-state index contributed by atoms with van der Waals surface area (Å²) in [5.74, 6) is -2.62. The third-order valence-corrected chi connectivity index (χ3v) is 2.94. The number of hydrogen-bond acceptors (Lipinski definition) is 4. The van der Waals surface area contributed by atoms with Crippen LogP contribution in [0.2, 0.25) is 0 Å². The lowest BCUT2D eigenvalue weighted by Crippen LogP contribution is -2.23. The van der Waals surface area contributed by atoms with Gasteiger partial charge in [-0.2, -0.15) is 0 Å². The molecule has 6 nitrogen and oxygen atoms in total. The van der Waals surface area contributed by atoms with Crippen LogP contribution >= 0.6 is 0 Å². The maximum atomic E-state index is 11.4. The van der Waals surface area contributed by atoms with Gasteiger partial charge in [-0.15, -0.1) is 0 Å². The molecule has 0 saturated carbocycles. The zero-order valence-electron chi connectivity index (χ0n) is 9.93. The summed E-state index contributed by atoms with van der Waals surface area (Å²) in [5.41, 5.74) is 0.537. The average Bonchev–Trinajstić information content (AvgIpc) is 2.13. The Morgan fingerprint density at radius 1 is 1.33 bits per heavy atom. The van der Waals surface area contributed by atoms with Crippen LogP contribution in [0.3, 0.4) is 0 Å². The average molecular weight is 271 g/mol. The van der Waals surface area contributed by atoms with E-state index in [-0.39, 0.29) is 11.3 Å². The second-order valence-corrected chi connectivity index (χ2v) is 6.06. The van der Waals surface area contributed by atoms with Gasteiger partial charge in [0, 0.05) is 6.26 Å². The van der Waals surface area contributed by atoms with Crippen LogP contribution in [0.5, 0.6) is 0 Å². The van der Waals surface area contributed by atoms with E-state index in [0.29, 0.717) is 5.56 Å². The van der Waals surface area contributed by atoms with Gasteiger partial charge in [0.2, 0.25) is 5.91 Å². The van der Waals surface area contributed by atoms with Crippen LogP contribution in [-0.2, 0) is 14.6 Å². The molecule has 0 fully saturated rings. The minimum absolute atomic E-state index is 0.0423. The van der Waals surface area contributed by atoms with E-state index in [1.807, 2.05) is 0 Å². The third kappa shape index (κ3) is 3.85. The largest absolute Gasteiger partial charge is 0.478 e. The molecule has 0 atom stereocenters. The van der Waals surface area contributed by atoms with Gasteiger partial charge < -0.3 is 10.4 Å². The van der Waals surface area contributed by atoms with E-state index >= 15 is 0 Å². The molecule has 1 rings (SSSR count). The van der Waals surface area contributed by atoms with E-state index in [2.05, 4.69) is 5.32 Å². The SMILES string of the molecule is Cc1cccc(NC(=O)CS(C)(=O)=O)c1C(=O)O. The molecule has 0 radical (unpaired) electrons. The zero-order chi connectivity index (χ0) is 13.9. The number of aromatic carboxylic acids is 1. The van der Waals surface area contributed by atoms with Crippen molar-refractivity contribution in [2.45, 2.75) is 6.92 Å². The molecule has 0 aliphatic rings. The standard InChI is InChI=1S/C11H13NO5S/c1-7-4-3-5-8(10(7)11(14)15)12-9(13)6-18(2,16)17/h3-5H,6H2,1-2H3,(H,12,13)(H,14,15). The Labute approximate surface area is 105 Å². The van der Waals surface area contributed by atoms with Crippen LogP contribution in [-0.4, -0.2) is 37.4 Å². The number of anilines is 1. The Morgan fingerprint density at radius 2 is 1.94 bits per heavy atom. The van der Waals surface area contributed by atoms with E-state index < -0.39 is 27.5 Å². The molecule has 0 aliphatic heterocycles. The maximum absolute atomic E-state index is 11.4. The fraction of sp³-hybridized carbons (Fsp3) is 0.273. The molecule has 0 unspecified atom stereocenters. The Kier molecular flexibility index (Phi) is 4.07. The minimum Gasteiger partial charge on any atom is -0.478 e. The summed E-state index contributed by atoms with van der Waals surface area (Å²) in [6.07, 6.45) is 0.931. The Morgan fingerprint density at radius 3 is 2.44 bits per heavy atom. The fourth-order valence-corrected chi connectivity index (χ4v) is 2.03. The number of carbonyl (C=O) groups excluding carboxylic acids is 1. The molecule has 1 amide bonds. The molecule has 0 bridgehead atoms. The first kappa shape index (κ1) is 14.2. The van der Waals surface area contributed by atoms with Gasteiger partial charge in [-0.25, -0.2) is 13.2 Å². The lowest BCUT2D eigenvalue weighted by molar-refractivity contribution is -0.113. The highest BCUT2D eigenvalue weighted by Crippen LogP contribution is 2.19. The number of nitrogens with one attached hydrogen (secondary N) is 1. The van der Waals surface area contributed by atoms with Crippen molar-refractivity contribution in [3.05, 3.63) is 29.3 Å². The van der Waals surface area contributed by atoms with Gasteiger partial charge in [-0.05, 0) is 18.6 Å². The smallest absolute Gasteiger partial charge is 0.338 e. The number of amides is 1. The van der Waals surface area contributed by atoms with Crippen molar-refractivity contribution in [2.24, 2.45) is 0 Å². The van der Waals surface area contributed by atoms with E-state index in [1.54, 1.807) is 19.1 Å². The summed E-state index contributed by atoms with van der Waals surface area (Å²) in [4.78, 5) is 22.5. The number of carbonyl (C=O) groups is 2. The van der Waals surface area contributed by atoms with E-state index in [4.69, 9.17) is 5.11 Å². The first-order valence-electron chi connectivity index (χ1n) is 5.01. The van der Waals surface area contributed by atoms with Crippen LogP contribution in [0.4, 0.5) is 5.69 Å². The van der Waals surface area contributed by atoms with E-state index in [9.17, 15) is 18.0 Å². The number of carboxylic acids is 1. The first-order valence-corrected chi connectivity index (χ1v) is 7.07. The van der Waals surface area contributed by atoms with Gasteiger partial charge >= 0.3 is 5.97 Å². The Balaban J connectivity index is 3.02. The quantitative estimate of drug-likeness (QED) is 0.838. The van der Waals surface area contributed by atoms with Crippen LogP contribution in [0.25, 0.3) is 0 Å². The molecule has 1 aromatic rings. The van der Waals surface area contributed by atoms with Crippen LogP contribution in [0.1, 0.15) is 15.9 Å². The fourth-order valence-electron chi connectivity index (χ4n) is 1.48. The highest BCUT2D eigenvalue weighted by atomic mass is 32.2. The molecule has 1 aromatic carbocycles. The van der Waals surface area contributed by atoms with Crippen molar-refractivity contribution >= 4 is 27.4 Å². The molecule has 0 saturated heterocycles. The van der Waals surface area contributed by atoms with Crippen LogP contribution in [0.15, 0.2) is 18.2 Å². The second-order valence-electron chi connectivity index (χ2n) is 3.92. The van der Waals surface area contributed by atoms with Crippen molar-refractivity contribution in [2.75, 3.05) is 17.3 Å². The normalized spacial score (nSPS) is 11.0. The highest BCUT2D eigenvalue weighted by Gasteiger charge is 2.17. The minimum atomic E-state index is -3.45. The summed E-state index contributed by atoms with van der Waals surface area (Å²) in [6.45, 7) is 1.59. The van der Waals surface area contributed by atoms with Gasteiger partial charge in [-0.3, -0.25) is 4.79 Å². The van der Waals surface area contributed by atoms with Crippen molar-refractivity contribution in [1.82, 2.24) is 0 Å². The summed E-state index contributed by atoms with van der Waals surface area (Å²) >= 11 is 0. The summed E-state index contributed by atoms with van der Waals surface area (Å²) in [6, 6.07) is 4.59. The molecule has 98 valence electrons. The lowest BCUT2D eigenvalue weighted by atomic mass is 10.1. The van der Waals surface area contributed by atoms with Crippen molar-refractivity contribution in [3.8, 4) is 0 Å². The first-order chi connectivity index (χ1) is 8.20. The maximum Gasteiger partial charge on any atom is 0.338 e. The van der Waals surface area contributed by atoms with Gasteiger partial charge in [-0.1, -0.05) is 12.1 Å². The van der Waals surface area contributed by atoms with Gasteiger partial charge in [0.15, 0.2) is 9.84 Å². The zero-order valence-corrected chi connectivity index (χ0v) is 10.7.